The molecular weight excluding hydrogens is 262 g/mol. The molecule has 4 heteroatoms. The van der Waals surface area contributed by atoms with Crippen molar-refractivity contribution in [3.05, 3.63) is 36.2 Å². The molecule has 0 unspecified atom stereocenters. The molecule has 21 heavy (non-hydrogen) atoms. The molecule has 2 rings (SSSR count). The average molecular weight is 283 g/mol. The third-order valence-electron chi connectivity index (χ3n) is 3.51. The van der Waals surface area contributed by atoms with E-state index in [-0.39, 0.29) is 0 Å². The van der Waals surface area contributed by atoms with E-state index in [1.54, 1.807) is 7.11 Å². The Morgan fingerprint density at radius 3 is 2.86 bits per heavy atom. The lowest BCUT2D eigenvalue weighted by atomic mass is 10.0. The Balaban J connectivity index is 2.16. The fraction of sp³-hybridized carbons (Fsp3) is 0.412. The van der Waals surface area contributed by atoms with Gasteiger partial charge in [0.15, 0.2) is 0 Å². The van der Waals surface area contributed by atoms with E-state index in [0.29, 0.717) is 6.42 Å². The molecular formula is C17H21N3O. The summed E-state index contributed by atoms with van der Waals surface area (Å²) < 4.78 is 7.35. The summed E-state index contributed by atoms with van der Waals surface area (Å²) in [4.78, 5) is 0. The van der Waals surface area contributed by atoms with Gasteiger partial charge in [0.1, 0.15) is 5.75 Å². The van der Waals surface area contributed by atoms with Crippen LogP contribution < -0.4 is 4.74 Å². The van der Waals surface area contributed by atoms with E-state index >= 15 is 0 Å². The van der Waals surface area contributed by atoms with Crippen LogP contribution >= 0.6 is 0 Å². The van der Waals surface area contributed by atoms with Gasteiger partial charge in [0.2, 0.25) is 0 Å². The van der Waals surface area contributed by atoms with Gasteiger partial charge < -0.3 is 4.74 Å². The molecule has 0 radical (unpaired) electrons. The first-order valence-corrected chi connectivity index (χ1v) is 7.35. The molecule has 0 saturated carbocycles. The molecule has 0 fully saturated rings. The summed E-state index contributed by atoms with van der Waals surface area (Å²) in [5.41, 5.74) is 3.06. The lowest BCUT2D eigenvalue weighted by Gasteiger charge is -2.07. The molecule has 110 valence electrons. The highest BCUT2D eigenvalue weighted by molar-refractivity contribution is 5.65. The largest absolute Gasteiger partial charge is 0.496 e. The number of hydrogen-bond donors (Lipinski definition) is 0. The summed E-state index contributed by atoms with van der Waals surface area (Å²) in [6.07, 6.45) is 7.90. The summed E-state index contributed by atoms with van der Waals surface area (Å²) >= 11 is 0. The molecule has 0 saturated heterocycles. The number of nitrogens with zero attached hydrogens (tertiary/aromatic N) is 3. The summed E-state index contributed by atoms with van der Waals surface area (Å²) in [5.74, 6) is 0.757. The van der Waals surface area contributed by atoms with Crippen LogP contribution in [0.3, 0.4) is 0 Å². The van der Waals surface area contributed by atoms with E-state index in [0.717, 1.165) is 35.4 Å². The van der Waals surface area contributed by atoms with Crippen molar-refractivity contribution in [2.45, 2.75) is 39.2 Å². The fourth-order valence-corrected chi connectivity index (χ4v) is 2.31. The Labute approximate surface area is 126 Å². The molecule has 0 spiro atoms. The van der Waals surface area contributed by atoms with Gasteiger partial charge in [-0.15, -0.1) is 0 Å². The third-order valence-corrected chi connectivity index (χ3v) is 3.51. The van der Waals surface area contributed by atoms with Gasteiger partial charge in [-0.2, -0.15) is 10.4 Å². The van der Waals surface area contributed by atoms with E-state index in [1.807, 2.05) is 29.1 Å². The summed E-state index contributed by atoms with van der Waals surface area (Å²) in [6, 6.07) is 8.09. The second kappa shape index (κ2) is 7.49. The Hall–Kier alpha value is -2.28. The zero-order valence-corrected chi connectivity index (χ0v) is 12.7. The Morgan fingerprint density at radius 1 is 1.29 bits per heavy atom. The van der Waals surface area contributed by atoms with Crippen LogP contribution in [-0.4, -0.2) is 16.9 Å². The molecule has 1 heterocycles. The maximum absolute atomic E-state index is 8.81. The van der Waals surface area contributed by atoms with E-state index < -0.39 is 0 Å². The van der Waals surface area contributed by atoms with Crippen LogP contribution in [0.1, 0.15) is 31.7 Å². The van der Waals surface area contributed by atoms with Crippen LogP contribution in [0.15, 0.2) is 30.6 Å². The minimum Gasteiger partial charge on any atom is -0.496 e. The molecule has 0 amide bonds. The normalized spacial score (nSPS) is 10.3. The van der Waals surface area contributed by atoms with Crippen molar-refractivity contribution in [2.24, 2.45) is 0 Å². The van der Waals surface area contributed by atoms with Crippen molar-refractivity contribution in [3.63, 3.8) is 0 Å². The number of rotatable bonds is 7. The second-order valence-electron chi connectivity index (χ2n) is 5.06. The van der Waals surface area contributed by atoms with Crippen molar-refractivity contribution in [3.8, 4) is 22.9 Å². The van der Waals surface area contributed by atoms with Crippen LogP contribution in [0.2, 0.25) is 0 Å². The lowest BCUT2D eigenvalue weighted by Crippen LogP contribution is -1.97. The number of aromatic nitrogens is 2. The Kier molecular flexibility index (Phi) is 5.39. The molecule has 0 bridgehead atoms. The first-order valence-electron chi connectivity index (χ1n) is 7.35. The number of benzene rings is 1. The lowest BCUT2D eigenvalue weighted by molar-refractivity contribution is 0.411. The van der Waals surface area contributed by atoms with Gasteiger partial charge in [0, 0.05) is 23.9 Å². The van der Waals surface area contributed by atoms with Gasteiger partial charge in [-0.3, -0.25) is 4.68 Å². The molecule has 0 N–H and O–H groups in total. The highest BCUT2D eigenvalue weighted by Crippen LogP contribution is 2.27. The minimum atomic E-state index is 0.361. The van der Waals surface area contributed by atoms with E-state index in [9.17, 15) is 0 Å². The Morgan fingerprint density at radius 2 is 2.14 bits per heavy atom. The van der Waals surface area contributed by atoms with Crippen LogP contribution in [0.5, 0.6) is 5.75 Å². The van der Waals surface area contributed by atoms with Crippen molar-refractivity contribution < 1.29 is 4.74 Å². The second-order valence-corrected chi connectivity index (χ2v) is 5.06. The number of hydrogen-bond acceptors (Lipinski definition) is 3. The molecule has 0 aliphatic rings. The first kappa shape index (κ1) is 15.1. The zero-order chi connectivity index (χ0) is 15.1. The predicted octanol–water partition coefficient (Wildman–Crippen LogP) is 3.81. The predicted molar refractivity (Wildman–Crippen MR) is 83.1 cm³/mol. The van der Waals surface area contributed by atoms with Crippen molar-refractivity contribution >= 4 is 0 Å². The monoisotopic (exact) mass is 283 g/mol. The zero-order valence-electron chi connectivity index (χ0n) is 12.7. The molecule has 0 aliphatic heterocycles. The fourth-order valence-electron chi connectivity index (χ4n) is 2.31. The van der Waals surface area contributed by atoms with Gasteiger partial charge in [-0.05, 0) is 18.1 Å². The highest BCUT2D eigenvalue weighted by Gasteiger charge is 2.07. The molecule has 1 aromatic carbocycles. The van der Waals surface area contributed by atoms with Crippen LogP contribution in [-0.2, 0) is 13.0 Å². The summed E-state index contributed by atoms with van der Waals surface area (Å²) in [6.45, 7) is 3.15. The Bertz CT molecular complexity index is 625. The van der Waals surface area contributed by atoms with Crippen LogP contribution in [0.25, 0.3) is 11.1 Å². The first-order chi connectivity index (χ1) is 10.3. The smallest absolute Gasteiger partial charge is 0.123 e. The van der Waals surface area contributed by atoms with Gasteiger partial charge in [-0.1, -0.05) is 31.9 Å². The van der Waals surface area contributed by atoms with Crippen molar-refractivity contribution in [2.75, 3.05) is 7.11 Å². The molecule has 0 atom stereocenters. The number of aryl methyl sites for hydroxylation is 1. The number of nitriles is 1. The molecule has 1 aromatic heterocycles. The summed E-state index contributed by atoms with van der Waals surface area (Å²) in [7, 11) is 1.63. The van der Waals surface area contributed by atoms with Gasteiger partial charge in [0.05, 0.1) is 25.8 Å². The topological polar surface area (TPSA) is 50.8 Å². The average Bonchev–Trinajstić information content (AvgIpc) is 2.97. The molecule has 0 aliphatic carbocycles. The molecule has 4 nitrogen and oxygen atoms in total. The van der Waals surface area contributed by atoms with Gasteiger partial charge in [0.25, 0.3) is 0 Å². The number of unbranched alkanes of at least 4 members (excludes halogenated alkanes) is 2. The van der Waals surface area contributed by atoms with Crippen molar-refractivity contribution in [1.82, 2.24) is 9.78 Å². The number of methoxy groups -OCH3 is 1. The van der Waals surface area contributed by atoms with Crippen LogP contribution in [0, 0.1) is 11.3 Å². The van der Waals surface area contributed by atoms with E-state index in [1.165, 1.54) is 12.8 Å². The standard InChI is InChI=1S/C17H21N3O/c1-3-4-5-10-20-13-16(12-19-20)15-7-6-14(8-9-18)17(11-15)21-2/h6-7,11-13H,3-5,8,10H2,1-2H3. The quantitative estimate of drug-likeness (QED) is 0.726. The summed E-state index contributed by atoms with van der Waals surface area (Å²) in [5, 5.41) is 13.2. The van der Waals surface area contributed by atoms with E-state index in [4.69, 9.17) is 10.00 Å². The van der Waals surface area contributed by atoms with Crippen LogP contribution in [0.4, 0.5) is 0 Å². The highest BCUT2D eigenvalue weighted by atomic mass is 16.5. The van der Waals surface area contributed by atoms with Gasteiger partial charge in [-0.25, -0.2) is 0 Å². The van der Waals surface area contributed by atoms with Gasteiger partial charge >= 0.3 is 0 Å². The SMILES string of the molecule is CCCCCn1cc(-c2ccc(CC#N)c(OC)c2)cn1. The third kappa shape index (κ3) is 3.85. The number of ether oxygens (including phenoxy) is 1. The van der Waals surface area contributed by atoms with Crippen molar-refractivity contribution in [1.29, 1.82) is 5.26 Å². The maximum atomic E-state index is 8.81. The maximum Gasteiger partial charge on any atom is 0.123 e. The minimum absolute atomic E-state index is 0.361. The van der Waals surface area contributed by atoms with E-state index in [2.05, 4.69) is 24.3 Å². The molecule has 2 aromatic rings.